The molecule has 0 amide bonds. The number of nitrogens with two attached hydrogens (primary N) is 1. The van der Waals surface area contributed by atoms with Gasteiger partial charge in [0.2, 0.25) is 5.95 Å². The molecule has 1 aromatic carbocycles. The summed E-state index contributed by atoms with van der Waals surface area (Å²) in [6.45, 7) is 1.55. The van der Waals surface area contributed by atoms with Gasteiger partial charge in [-0.3, -0.25) is 5.10 Å². The minimum atomic E-state index is -0.219. The van der Waals surface area contributed by atoms with Gasteiger partial charge in [0.15, 0.2) is 0 Å². The molecular formula is C16H18N6O. The molecule has 0 aliphatic carbocycles. The number of benzene rings is 1. The fraction of sp³-hybridized carbons (Fsp3) is 0.312. The minimum absolute atomic E-state index is 0.219. The zero-order valence-corrected chi connectivity index (χ0v) is 12.6. The molecule has 0 spiro atoms. The van der Waals surface area contributed by atoms with Crippen LogP contribution < -0.4 is 10.6 Å². The fourth-order valence-electron chi connectivity index (χ4n) is 3.03. The normalized spacial score (nSPS) is 16.1. The summed E-state index contributed by atoms with van der Waals surface area (Å²) in [5.41, 5.74) is 8.66. The number of H-pyrrole nitrogens is 1. The Labute approximate surface area is 133 Å². The van der Waals surface area contributed by atoms with Gasteiger partial charge < -0.3 is 15.7 Å². The largest absolute Gasteiger partial charge is 0.393 e. The van der Waals surface area contributed by atoms with Crippen molar-refractivity contribution in [3.05, 3.63) is 30.5 Å². The van der Waals surface area contributed by atoms with Gasteiger partial charge in [-0.05, 0) is 31.0 Å². The van der Waals surface area contributed by atoms with Crippen LogP contribution in [-0.2, 0) is 0 Å². The summed E-state index contributed by atoms with van der Waals surface area (Å²) < 4.78 is 0. The number of aliphatic hydroxyl groups is 1. The van der Waals surface area contributed by atoms with E-state index in [4.69, 9.17) is 5.73 Å². The molecule has 4 N–H and O–H groups in total. The average Bonchev–Trinajstić information content (AvgIpc) is 3.09. The van der Waals surface area contributed by atoms with Crippen molar-refractivity contribution in [3.63, 3.8) is 0 Å². The van der Waals surface area contributed by atoms with Crippen molar-refractivity contribution in [2.24, 2.45) is 0 Å². The summed E-state index contributed by atoms with van der Waals surface area (Å²) in [6.07, 6.45) is 3.00. The molecule has 4 rings (SSSR count). The molecule has 1 aliphatic heterocycles. The molecule has 1 saturated heterocycles. The summed E-state index contributed by atoms with van der Waals surface area (Å²) in [7, 11) is 0. The minimum Gasteiger partial charge on any atom is -0.393 e. The van der Waals surface area contributed by atoms with E-state index < -0.39 is 0 Å². The number of fused-ring (bicyclic) bond motifs is 1. The van der Waals surface area contributed by atoms with E-state index in [1.165, 1.54) is 0 Å². The van der Waals surface area contributed by atoms with Crippen molar-refractivity contribution in [2.45, 2.75) is 18.9 Å². The fourth-order valence-corrected chi connectivity index (χ4v) is 3.03. The van der Waals surface area contributed by atoms with E-state index in [9.17, 15) is 5.11 Å². The number of piperidine rings is 1. The molecular weight excluding hydrogens is 292 g/mol. The van der Waals surface area contributed by atoms with Gasteiger partial charge in [0.25, 0.3) is 0 Å². The second-order valence-corrected chi connectivity index (χ2v) is 5.83. The van der Waals surface area contributed by atoms with Crippen molar-refractivity contribution in [1.29, 1.82) is 0 Å². The molecule has 1 aliphatic rings. The van der Waals surface area contributed by atoms with Crippen LogP contribution in [0.1, 0.15) is 12.8 Å². The second kappa shape index (κ2) is 5.51. The first-order valence-corrected chi connectivity index (χ1v) is 7.71. The smallest absolute Gasteiger partial charge is 0.222 e. The van der Waals surface area contributed by atoms with Crippen molar-refractivity contribution >= 4 is 22.7 Å². The highest BCUT2D eigenvalue weighted by atomic mass is 16.3. The maximum absolute atomic E-state index is 9.69. The van der Waals surface area contributed by atoms with Gasteiger partial charge in [-0.2, -0.15) is 10.1 Å². The predicted molar refractivity (Wildman–Crippen MR) is 89.0 cm³/mol. The van der Waals surface area contributed by atoms with Gasteiger partial charge in [0.1, 0.15) is 5.82 Å². The Morgan fingerprint density at radius 3 is 2.74 bits per heavy atom. The SMILES string of the molecule is Nc1nc(N2CCC(O)CC2)c2ccc(-c3ccn[nH]3)cc2n1. The first kappa shape index (κ1) is 14.0. The van der Waals surface area contributed by atoms with Crippen molar-refractivity contribution in [2.75, 3.05) is 23.7 Å². The third-order valence-corrected chi connectivity index (χ3v) is 4.27. The predicted octanol–water partition coefficient (Wildman–Crippen LogP) is 1.56. The summed E-state index contributed by atoms with van der Waals surface area (Å²) >= 11 is 0. The number of anilines is 2. The van der Waals surface area contributed by atoms with E-state index in [2.05, 4.69) is 25.1 Å². The number of nitrogens with one attached hydrogen (secondary N) is 1. The van der Waals surface area contributed by atoms with Gasteiger partial charge in [-0.25, -0.2) is 4.98 Å². The van der Waals surface area contributed by atoms with E-state index in [0.717, 1.165) is 53.9 Å². The van der Waals surface area contributed by atoms with Crippen LogP contribution in [0.4, 0.5) is 11.8 Å². The van der Waals surface area contributed by atoms with Crippen LogP contribution >= 0.6 is 0 Å². The molecule has 118 valence electrons. The second-order valence-electron chi connectivity index (χ2n) is 5.83. The molecule has 2 aromatic heterocycles. The zero-order valence-electron chi connectivity index (χ0n) is 12.6. The van der Waals surface area contributed by atoms with Crippen LogP contribution in [0.15, 0.2) is 30.5 Å². The molecule has 0 bridgehead atoms. The Kier molecular flexibility index (Phi) is 3.34. The molecule has 7 heteroatoms. The zero-order chi connectivity index (χ0) is 15.8. The lowest BCUT2D eigenvalue weighted by molar-refractivity contribution is 0.145. The van der Waals surface area contributed by atoms with Gasteiger partial charge in [-0.15, -0.1) is 0 Å². The van der Waals surface area contributed by atoms with Crippen molar-refractivity contribution in [1.82, 2.24) is 20.2 Å². The number of hydrogen-bond donors (Lipinski definition) is 3. The van der Waals surface area contributed by atoms with Crippen LogP contribution in [0.3, 0.4) is 0 Å². The highest BCUT2D eigenvalue weighted by Crippen LogP contribution is 2.30. The molecule has 23 heavy (non-hydrogen) atoms. The Balaban J connectivity index is 1.79. The number of aromatic amines is 1. The summed E-state index contributed by atoms with van der Waals surface area (Å²) in [5, 5.41) is 17.6. The van der Waals surface area contributed by atoms with Crippen LogP contribution in [0.2, 0.25) is 0 Å². The maximum Gasteiger partial charge on any atom is 0.222 e. The van der Waals surface area contributed by atoms with Gasteiger partial charge >= 0.3 is 0 Å². The molecule has 3 aromatic rings. The average molecular weight is 310 g/mol. The van der Waals surface area contributed by atoms with Gasteiger partial charge in [0.05, 0.1) is 17.3 Å². The highest BCUT2D eigenvalue weighted by Gasteiger charge is 2.21. The number of nitrogen functional groups attached to an aromatic ring is 1. The third kappa shape index (κ3) is 2.59. The van der Waals surface area contributed by atoms with Crippen molar-refractivity contribution in [3.8, 4) is 11.3 Å². The first-order chi connectivity index (χ1) is 11.2. The van der Waals surface area contributed by atoms with E-state index in [1.54, 1.807) is 6.20 Å². The number of aromatic nitrogens is 4. The molecule has 0 radical (unpaired) electrons. The number of rotatable bonds is 2. The van der Waals surface area contributed by atoms with E-state index in [-0.39, 0.29) is 12.1 Å². The summed E-state index contributed by atoms with van der Waals surface area (Å²) in [6, 6.07) is 7.95. The van der Waals surface area contributed by atoms with Crippen LogP contribution in [0, 0.1) is 0 Å². The van der Waals surface area contributed by atoms with Gasteiger partial charge in [0, 0.05) is 30.2 Å². The molecule has 0 atom stereocenters. The Bertz CT molecular complexity index is 824. The number of aliphatic hydroxyl groups excluding tert-OH is 1. The lowest BCUT2D eigenvalue weighted by Crippen LogP contribution is -2.36. The number of nitrogens with zero attached hydrogens (tertiary/aromatic N) is 4. The monoisotopic (exact) mass is 310 g/mol. The maximum atomic E-state index is 9.69. The Hall–Kier alpha value is -2.67. The van der Waals surface area contributed by atoms with Crippen LogP contribution in [0.5, 0.6) is 0 Å². The van der Waals surface area contributed by atoms with E-state index in [1.807, 2.05) is 24.3 Å². The standard InChI is InChI=1S/C16H18N6O/c17-16-19-14-9-10(13-3-6-18-21-13)1-2-12(14)15(20-16)22-7-4-11(23)5-8-22/h1-3,6,9,11,23H,4-5,7-8H2,(H,18,21)(H2,17,19,20). The Morgan fingerprint density at radius 1 is 1.17 bits per heavy atom. The summed E-state index contributed by atoms with van der Waals surface area (Å²) in [4.78, 5) is 11.0. The van der Waals surface area contributed by atoms with Crippen molar-refractivity contribution < 1.29 is 5.11 Å². The van der Waals surface area contributed by atoms with E-state index >= 15 is 0 Å². The molecule has 7 nitrogen and oxygen atoms in total. The third-order valence-electron chi connectivity index (χ3n) is 4.27. The number of hydrogen-bond acceptors (Lipinski definition) is 6. The molecule has 1 fully saturated rings. The van der Waals surface area contributed by atoms with Crippen LogP contribution in [-0.4, -0.2) is 44.5 Å². The first-order valence-electron chi connectivity index (χ1n) is 7.71. The lowest BCUT2D eigenvalue weighted by atomic mass is 10.1. The van der Waals surface area contributed by atoms with Gasteiger partial charge in [-0.1, -0.05) is 6.07 Å². The van der Waals surface area contributed by atoms with Crippen LogP contribution in [0.25, 0.3) is 22.2 Å². The molecule has 0 unspecified atom stereocenters. The lowest BCUT2D eigenvalue weighted by Gasteiger charge is -2.31. The highest BCUT2D eigenvalue weighted by molar-refractivity contribution is 5.93. The molecule has 3 heterocycles. The Morgan fingerprint density at radius 2 is 2.00 bits per heavy atom. The summed E-state index contributed by atoms with van der Waals surface area (Å²) in [5.74, 6) is 1.11. The molecule has 0 saturated carbocycles. The topological polar surface area (TPSA) is 104 Å². The van der Waals surface area contributed by atoms with E-state index in [0.29, 0.717) is 0 Å². The quantitative estimate of drug-likeness (QED) is 0.663.